The van der Waals surface area contributed by atoms with Gasteiger partial charge >= 0.3 is 0 Å². The molecule has 1 N–H and O–H groups in total. The van der Waals surface area contributed by atoms with Gasteiger partial charge in [-0.1, -0.05) is 0 Å². The van der Waals surface area contributed by atoms with Crippen molar-refractivity contribution in [2.24, 2.45) is 0 Å². The molecule has 0 spiro atoms. The summed E-state index contributed by atoms with van der Waals surface area (Å²) in [5.41, 5.74) is 4.62. The molecular formula is C18H15ClFN5. The molecule has 0 atom stereocenters. The quantitative estimate of drug-likeness (QED) is 0.766. The van der Waals surface area contributed by atoms with Gasteiger partial charge in [0.05, 0.1) is 17.8 Å². The van der Waals surface area contributed by atoms with Crippen LogP contribution in [0.2, 0.25) is 0 Å². The molecular weight excluding hydrogens is 341 g/mol. The van der Waals surface area contributed by atoms with Crippen LogP contribution in [0.1, 0.15) is 11.3 Å². The standard InChI is InChI=1S/C18H14FN5.ClH/c19-15-2-1-13(9-14(15)10-20)18-17(12-3-5-21-6-4-12)16-11-22-7-8-24(16)23-18;/h1-6,9,22H,7-8,11H2;1H. The molecule has 1 aliphatic heterocycles. The lowest BCUT2D eigenvalue weighted by atomic mass is 9.98. The highest BCUT2D eigenvalue weighted by molar-refractivity contribution is 5.85. The molecule has 1 aromatic carbocycles. The Morgan fingerprint density at radius 2 is 1.96 bits per heavy atom. The summed E-state index contributed by atoms with van der Waals surface area (Å²) in [6.45, 7) is 2.35. The number of fused-ring (bicyclic) bond motifs is 1. The van der Waals surface area contributed by atoms with Gasteiger partial charge in [0.2, 0.25) is 0 Å². The first-order chi connectivity index (χ1) is 11.8. The summed E-state index contributed by atoms with van der Waals surface area (Å²) in [6, 6.07) is 10.3. The van der Waals surface area contributed by atoms with Crippen LogP contribution in [0.15, 0.2) is 42.7 Å². The van der Waals surface area contributed by atoms with Crippen LogP contribution in [0.4, 0.5) is 4.39 Å². The van der Waals surface area contributed by atoms with Gasteiger partial charge in [-0.15, -0.1) is 12.4 Å². The lowest BCUT2D eigenvalue weighted by Crippen LogP contribution is -2.28. The summed E-state index contributed by atoms with van der Waals surface area (Å²) >= 11 is 0. The van der Waals surface area contributed by atoms with E-state index in [4.69, 9.17) is 10.4 Å². The second-order valence-electron chi connectivity index (χ2n) is 5.61. The number of rotatable bonds is 2. The van der Waals surface area contributed by atoms with E-state index in [0.717, 1.165) is 47.7 Å². The number of nitriles is 1. The number of benzene rings is 1. The smallest absolute Gasteiger partial charge is 0.140 e. The fraction of sp³-hybridized carbons (Fsp3) is 0.167. The maximum absolute atomic E-state index is 13.7. The second kappa shape index (κ2) is 7.01. The second-order valence-corrected chi connectivity index (χ2v) is 5.61. The van der Waals surface area contributed by atoms with Crippen LogP contribution < -0.4 is 5.32 Å². The molecule has 0 unspecified atom stereocenters. The van der Waals surface area contributed by atoms with Crippen LogP contribution in [0.5, 0.6) is 0 Å². The third-order valence-corrected chi connectivity index (χ3v) is 4.18. The molecule has 0 saturated carbocycles. The summed E-state index contributed by atoms with van der Waals surface area (Å²) in [4.78, 5) is 4.07. The van der Waals surface area contributed by atoms with Gasteiger partial charge in [-0.25, -0.2) is 4.39 Å². The van der Waals surface area contributed by atoms with Gasteiger partial charge in [-0.05, 0) is 35.9 Å². The van der Waals surface area contributed by atoms with E-state index in [1.54, 1.807) is 24.5 Å². The van der Waals surface area contributed by atoms with Crippen molar-refractivity contribution in [1.29, 1.82) is 5.26 Å². The van der Waals surface area contributed by atoms with Crippen molar-refractivity contribution in [2.45, 2.75) is 13.1 Å². The number of hydrogen-bond donors (Lipinski definition) is 1. The Kier molecular flexibility index (Phi) is 4.79. The Balaban J connectivity index is 0.00000182. The molecule has 0 aliphatic carbocycles. The predicted octanol–water partition coefficient (Wildman–Crippen LogP) is 3.15. The molecule has 7 heteroatoms. The van der Waals surface area contributed by atoms with Crippen LogP contribution in [0, 0.1) is 17.1 Å². The topological polar surface area (TPSA) is 66.5 Å². The van der Waals surface area contributed by atoms with E-state index in [2.05, 4.69) is 10.3 Å². The van der Waals surface area contributed by atoms with E-state index >= 15 is 0 Å². The zero-order valence-corrected chi connectivity index (χ0v) is 14.1. The number of aromatic nitrogens is 3. The van der Waals surface area contributed by atoms with Gasteiger partial charge in [0.1, 0.15) is 17.6 Å². The highest BCUT2D eigenvalue weighted by Crippen LogP contribution is 2.35. The fourth-order valence-electron chi connectivity index (χ4n) is 3.04. The third-order valence-electron chi connectivity index (χ3n) is 4.18. The number of hydrogen-bond acceptors (Lipinski definition) is 4. The largest absolute Gasteiger partial charge is 0.309 e. The molecule has 0 bridgehead atoms. The zero-order valence-electron chi connectivity index (χ0n) is 13.2. The van der Waals surface area contributed by atoms with Crippen LogP contribution in [0.3, 0.4) is 0 Å². The van der Waals surface area contributed by atoms with Crippen LogP contribution in [-0.4, -0.2) is 21.3 Å². The molecule has 0 amide bonds. The highest BCUT2D eigenvalue weighted by Gasteiger charge is 2.22. The lowest BCUT2D eigenvalue weighted by molar-refractivity contribution is 0.477. The summed E-state index contributed by atoms with van der Waals surface area (Å²) in [5.74, 6) is -0.516. The zero-order chi connectivity index (χ0) is 16.5. The number of pyridine rings is 1. The van der Waals surface area contributed by atoms with Gasteiger partial charge in [0.15, 0.2) is 0 Å². The molecule has 1 aliphatic rings. The Morgan fingerprint density at radius 1 is 1.16 bits per heavy atom. The van der Waals surface area contributed by atoms with E-state index in [1.807, 2.05) is 22.9 Å². The molecule has 4 rings (SSSR count). The van der Waals surface area contributed by atoms with Gasteiger partial charge in [0.25, 0.3) is 0 Å². The van der Waals surface area contributed by atoms with Crippen molar-refractivity contribution in [3.8, 4) is 28.5 Å². The minimum Gasteiger partial charge on any atom is -0.309 e. The van der Waals surface area contributed by atoms with E-state index in [-0.39, 0.29) is 18.0 Å². The van der Waals surface area contributed by atoms with Crippen molar-refractivity contribution < 1.29 is 4.39 Å². The first-order valence-corrected chi connectivity index (χ1v) is 7.69. The molecule has 25 heavy (non-hydrogen) atoms. The first kappa shape index (κ1) is 17.1. The minimum atomic E-state index is -0.516. The first-order valence-electron chi connectivity index (χ1n) is 7.69. The molecule has 126 valence electrons. The molecule has 5 nitrogen and oxygen atoms in total. The van der Waals surface area contributed by atoms with Crippen LogP contribution >= 0.6 is 12.4 Å². The predicted molar refractivity (Wildman–Crippen MR) is 94.5 cm³/mol. The van der Waals surface area contributed by atoms with E-state index < -0.39 is 5.82 Å². The Bertz CT molecular complexity index is 946. The molecule has 0 radical (unpaired) electrons. The van der Waals surface area contributed by atoms with Crippen molar-refractivity contribution in [3.63, 3.8) is 0 Å². The van der Waals surface area contributed by atoms with E-state index in [0.29, 0.717) is 0 Å². The van der Waals surface area contributed by atoms with Crippen molar-refractivity contribution in [2.75, 3.05) is 6.54 Å². The summed E-state index contributed by atoms with van der Waals surface area (Å²) < 4.78 is 15.7. The normalized spacial score (nSPS) is 12.8. The molecule has 2 aromatic heterocycles. The van der Waals surface area contributed by atoms with Gasteiger partial charge < -0.3 is 5.32 Å². The number of nitrogens with one attached hydrogen (secondary N) is 1. The minimum absolute atomic E-state index is 0. The summed E-state index contributed by atoms with van der Waals surface area (Å²) in [6.07, 6.45) is 3.48. The number of nitrogens with zero attached hydrogens (tertiary/aromatic N) is 4. The Labute approximate surface area is 150 Å². The van der Waals surface area contributed by atoms with Gasteiger partial charge in [0, 0.05) is 36.6 Å². The fourth-order valence-corrected chi connectivity index (χ4v) is 3.04. The highest BCUT2D eigenvalue weighted by atomic mass is 35.5. The molecule has 0 fully saturated rings. The third kappa shape index (κ3) is 3.00. The monoisotopic (exact) mass is 355 g/mol. The average Bonchev–Trinajstić information content (AvgIpc) is 3.02. The van der Waals surface area contributed by atoms with Crippen LogP contribution in [0.25, 0.3) is 22.4 Å². The van der Waals surface area contributed by atoms with Crippen molar-refractivity contribution in [3.05, 3.63) is 59.8 Å². The van der Waals surface area contributed by atoms with Crippen molar-refractivity contribution in [1.82, 2.24) is 20.1 Å². The van der Waals surface area contributed by atoms with Gasteiger partial charge in [-0.2, -0.15) is 10.4 Å². The average molecular weight is 356 g/mol. The Hall–Kier alpha value is -2.75. The van der Waals surface area contributed by atoms with Gasteiger partial charge in [-0.3, -0.25) is 9.67 Å². The Morgan fingerprint density at radius 3 is 2.72 bits per heavy atom. The molecule has 3 heterocycles. The van der Waals surface area contributed by atoms with E-state index in [1.165, 1.54) is 6.07 Å². The molecule has 0 saturated heterocycles. The lowest BCUT2D eigenvalue weighted by Gasteiger charge is -2.16. The van der Waals surface area contributed by atoms with E-state index in [9.17, 15) is 4.39 Å². The summed E-state index contributed by atoms with van der Waals surface area (Å²) in [7, 11) is 0. The summed E-state index contributed by atoms with van der Waals surface area (Å²) in [5, 5.41) is 17.2. The molecule has 3 aromatic rings. The SMILES string of the molecule is Cl.N#Cc1cc(-c2nn3c(c2-c2ccncc2)CNCC3)ccc1F. The van der Waals surface area contributed by atoms with Crippen LogP contribution in [-0.2, 0) is 13.1 Å². The maximum Gasteiger partial charge on any atom is 0.140 e. The van der Waals surface area contributed by atoms with Crippen molar-refractivity contribution >= 4 is 12.4 Å². The maximum atomic E-state index is 13.7. The number of halogens is 2.